The average molecular weight is 488 g/mol. The van der Waals surface area contributed by atoms with Crippen LogP contribution in [-0.2, 0) is 16.8 Å². The zero-order valence-electron chi connectivity index (χ0n) is 12.4. The second-order valence-electron chi connectivity index (χ2n) is 5.02. The van der Waals surface area contributed by atoms with E-state index in [9.17, 15) is 26.7 Å². The molecular formula is C16H9Br2F5O2. The van der Waals surface area contributed by atoms with E-state index in [4.69, 9.17) is 0 Å². The van der Waals surface area contributed by atoms with E-state index in [2.05, 4.69) is 36.6 Å². The molecule has 0 aliphatic heterocycles. The maximum atomic E-state index is 14.8. The third kappa shape index (κ3) is 4.38. The van der Waals surface area contributed by atoms with Crippen molar-refractivity contribution in [1.29, 1.82) is 0 Å². The van der Waals surface area contributed by atoms with Crippen molar-refractivity contribution in [1.82, 2.24) is 0 Å². The van der Waals surface area contributed by atoms with Crippen LogP contribution in [0.1, 0.15) is 27.0 Å². The van der Waals surface area contributed by atoms with Crippen molar-refractivity contribution in [3.05, 3.63) is 67.6 Å². The molecule has 9 heteroatoms. The number of halogens is 7. The van der Waals surface area contributed by atoms with Gasteiger partial charge in [0.15, 0.2) is 0 Å². The van der Waals surface area contributed by atoms with Crippen LogP contribution in [0.3, 0.4) is 0 Å². The Morgan fingerprint density at radius 2 is 1.32 bits per heavy atom. The number of benzene rings is 2. The van der Waals surface area contributed by atoms with Crippen LogP contribution in [0.4, 0.5) is 22.0 Å². The molecule has 0 spiro atoms. The molecule has 0 amide bonds. The molecular weight excluding hydrogens is 479 g/mol. The lowest BCUT2D eigenvalue weighted by molar-refractivity contribution is -0.137. The van der Waals surface area contributed by atoms with Crippen molar-refractivity contribution in [2.24, 2.45) is 0 Å². The van der Waals surface area contributed by atoms with Crippen LogP contribution >= 0.6 is 31.9 Å². The fourth-order valence-electron chi connectivity index (χ4n) is 2.11. The highest BCUT2D eigenvalue weighted by atomic mass is 79.9. The molecule has 0 unspecified atom stereocenters. The van der Waals surface area contributed by atoms with Gasteiger partial charge in [-0.25, -0.2) is 4.79 Å². The molecule has 134 valence electrons. The number of carbonyl (C=O) groups excluding carboxylic acids is 1. The Hall–Kier alpha value is -1.48. The first-order valence-electron chi connectivity index (χ1n) is 6.60. The minimum Gasteiger partial charge on any atom is -0.465 e. The van der Waals surface area contributed by atoms with E-state index in [0.29, 0.717) is 12.1 Å². The Labute approximate surface area is 156 Å². The van der Waals surface area contributed by atoms with Crippen molar-refractivity contribution in [2.75, 3.05) is 7.11 Å². The van der Waals surface area contributed by atoms with Crippen molar-refractivity contribution in [3.63, 3.8) is 0 Å². The van der Waals surface area contributed by atoms with Crippen LogP contribution in [0.25, 0.3) is 0 Å². The third-order valence-corrected chi connectivity index (χ3v) is 4.18. The zero-order valence-corrected chi connectivity index (χ0v) is 15.6. The van der Waals surface area contributed by atoms with E-state index in [1.54, 1.807) is 0 Å². The van der Waals surface area contributed by atoms with E-state index in [-0.39, 0.29) is 14.5 Å². The maximum Gasteiger partial charge on any atom is 0.416 e. The fraction of sp³-hybridized carbons (Fsp3) is 0.188. The van der Waals surface area contributed by atoms with Gasteiger partial charge < -0.3 is 4.74 Å². The SMILES string of the molecule is COC(=O)c1cc(Br)cc(C(F)(F)c2cc(Br)cc(C(F)(F)F)c2)c1. The summed E-state index contributed by atoms with van der Waals surface area (Å²) in [7, 11) is 1.09. The zero-order chi connectivity index (χ0) is 19.0. The first-order valence-corrected chi connectivity index (χ1v) is 8.19. The van der Waals surface area contributed by atoms with Crippen molar-refractivity contribution >= 4 is 37.8 Å². The highest BCUT2D eigenvalue weighted by Gasteiger charge is 2.38. The average Bonchev–Trinajstić information content (AvgIpc) is 2.52. The lowest BCUT2D eigenvalue weighted by Crippen LogP contribution is -2.18. The summed E-state index contributed by atoms with van der Waals surface area (Å²) in [5, 5.41) is 0. The largest absolute Gasteiger partial charge is 0.465 e. The van der Waals surface area contributed by atoms with Crippen LogP contribution < -0.4 is 0 Å². The Morgan fingerprint density at radius 1 is 0.840 bits per heavy atom. The second-order valence-corrected chi connectivity index (χ2v) is 6.85. The summed E-state index contributed by atoms with van der Waals surface area (Å²) < 4.78 is 72.8. The second kappa shape index (κ2) is 7.03. The molecule has 0 fully saturated rings. The number of esters is 1. The van der Waals surface area contributed by atoms with Crippen molar-refractivity contribution in [3.8, 4) is 0 Å². The molecule has 0 N–H and O–H groups in total. The van der Waals surface area contributed by atoms with Gasteiger partial charge in [0.2, 0.25) is 0 Å². The molecule has 0 bridgehead atoms. The van der Waals surface area contributed by atoms with Crippen LogP contribution in [0.15, 0.2) is 45.3 Å². The Morgan fingerprint density at radius 3 is 1.84 bits per heavy atom. The molecule has 0 saturated carbocycles. The van der Waals surface area contributed by atoms with Gasteiger partial charge in [-0.15, -0.1) is 0 Å². The van der Waals surface area contributed by atoms with Gasteiger partial charge in [0, 0.05) is 20.1 Å². The number of hydrogen-bond acceptors (Lipinski definition) is 2. The number of carbonyl (C=O) groups is 1. The Bertz CT molecular complexity index is 819. The lowest BCUT2D eigenvalue weighted by Gasteiger charge is -2.20. The van der Waals surface area contributed by atoms with E-state index < -0.39 is 34.8 Å². The van der Waals surface area contributed by atoms with Crippen molar-refractivity contribution in [2.45, 2.75) is 12.1 Å². The minimum absolute atomic E-state index is 0.139. The van der Waals surface area contributed by atoms with E-state index in [1.165, 1.54) is 6.07 Å². The summed E-state index contributed by atoms with van der Waals surface area (Å²) in [6.45, 7) is 0. The topological polar surface area (TPSA) is 26.3 Å². The molecule has 0 aliphatic rings. The monoisotopic (exact) mass is 486 g/mol. The molecule has 25 heavy (non-hydrogen) atoms. The molecule has 0 atom stereocenters. The van der Waals surface area contributed by atoms with Gasteiger partial charge in [-0.3, -0.25) is 0 Å². The van der Waals surface area contributed by atoms with Gasteiger partial charge in [0.25, 0.3) is 5.92 Å². The molecule has 2 nitrogen and oxygen atoms in total. The highest BCUT2D eigenvalue weighted by molar-refractivity contribution is 9.10. The van der Waals surface area contributed by atoms with Gasteiger partial charge in [0.05, 0.1) is 18.2 Å². The maximum absolute atomic E-state index is 14.8. The normalized spacial score (nSPS) is 12.2. The van der Waals surface area contributed by atoms with Gasteiger partial charge in [-0.2, -0.15) is 22.0 Å². The smallest absolute Gasteiger partial charge is 0.416 e. The standard InChI is InChI=1S/C16H9Br2F5O2/c1-25-14(24)8-2-9(5-12(17)3-8)15(19,20)10-4-11(16(21,22)23)7-13(18)6-10/h2-7H,1H3. The van der Waals surface area contributed by atoms with Crippen LogP contribution in [0, 0.1) is 0 Å². The predicted octanol–water partition coefficient (Wildman–Crippen LogP) is 6.16. The summed E-state index contributed by atoms with van der Waals surface area (Å²) >= 11 is 5.82. The molecule has 2 rings (SSSR count). The predicted molar refractivity (Wildman–Crippen MR) is 87.6 cm³/mol. The van der Waals surface area contributed by atoms with Crippen LogP contribution in [0.5, 0.6) is 0 Å². The highest BCUT2D eigenvalue weighted by Crippen LogP contribution is 2.41. The lowest BCUT2D eigenvalue weighted by atomic mass is 9.97. The van der Waals surface area contributed by atoms with E-state index in [1.807, 2.05) is 0 Å². The summed E-state index contributed by atoms with van der Waals surface area (Å²) in [6.07, 6.45) is -4.77. The number of ether oxygens (including phenoxy) is 1. The van der Waals surface area contributed by atoms with Crippen LogP contribution in [-0.4, -0.2) is 13.1 Å². The Balaban J connectivity index is 2.61. The first-order chi connectivity index (χ1) is 11.4. The minimum atomic E-state index is -4.77. The number of rotatable bonds is 3. The van der Waals surface area contributed by atoms with E-state index in [0.717, 1.165) is 25.3 Å². The molecule has 2 aromatic rings. The summed E-state index contributed by atoms with van der Waals surface area (Å²) in [5.74, 6) is -4.61. The van der Waals surface area contributed by atoms with Gasteiger partial charge in [-0.1, -0.05) is 31.9 Å². The molecule has 2 aromatic carbocycles. The number of methoxy groups -OCH3 is 1. The number of alkyl halides is 5. The quantitative estimate of drug-likeness (QED) is 0.383. The van der Waals surface area contributed by atoms with Crippen molar-refractivity contribution < 1.29 is 31.5 Å². The first kappa shape index (κ1) is 19.8. The summed E-state index contributed by atoms with van der Waals surface area (Å²) in [5.41, 5.74) is -2.87. The molecule has 0 heterocycles. The molecule has 0 radical (unpaired) electrons. The molecule has 0 aromatic heterocycles. The summed E-state index contributed by atoms with van der Waals surface area (Å²) in [6, 6.07) is 5.16. The molecule has 0 aliphatic carbocycles. The summed E-state index contributed by atoms with van der Waals surface area (Å²) in [4.78, 5) is 11.6. The van der Waals surface area contributed by atoms with Gasteiger partial charge in [-0.05, 0) is 36.4 Å². The van der Waals surface area contributed by atoms with E-state index >= 15 is 0 Å². The number of hydrogen-bond donors (Lipinski definition) is 0. The third-order valence-electron chi connectivity index (χ3n) is 3.27. The van der Waals surface area contributed by atoms with Gasteiger partial charge >= 0.3 is 12.1 Å². The van der Waals surface area contributed by atoms with Gasteiger partial charge in [0.1, 0.15) is 0 Å². The molecule has 0 saturated heterocycles. The van der Waals surface area contributed by atoms with Crippen LogP contribution in [0.2, 0.25) is 0 Å². The fourth-order valence-corrected chi connectivity index (χ4v) is 3.09. The Kier molecular flexibility index (Phi) is 5.58.